The lowest BCUT2D eigenvalue weighted by molar-refractivity contribution is -0.133. The van der Waals surface area contributed by atoms with Gasteiger partial charge in [0, 0.05) is 38.6 Å². The average Bonchev–Trinajstić information content (AvgIpc) is 3.24. The van der Waals surface area contributed by atoms with E-state index < -0.39 is 0 Å². The first-order valence-electron chi connectivity index (χ1n) is 10.7. The number of rotatable bonds is 5. The van der Waals surface area contributed by atoms with Gasteiger partial charge in [-0.05, 0) is 37.3 Å². The number of amides is 2. The first kappa shape index (κ1) is 19.7. The lowest BCUT2D eigenvalue weighted by atomic mass is 9.84. The summed E-state index contributed by atoms with van der Waals surface area (Å²) < 4.78 is 1.71. The van der Waals surface area contributed by atoms with Crippen LogP contribution in [0.3, 0.4) is 0 Å². The van der Waals surface area contributed by atoms with Gasteiger partial charge in [-0.3, -0.25) is 14.3 Å². The summed E-state index contributed by atoms with van der Waals surface area (Å²) in [4.78, 5) is 29.7. The predicted octanol–water partition coefficient (Wildman–Crippen LogP) is 3.17. The molecule has 3 heterocycles. The molecular weight excluding hydrogens is 364 g/mol. The summed E-state index contributed by atoms with van der Waals surface area (Å²) in [5.41, 5.74) is 2.69. The zero-order chi connectivity index (χ0) is 20.4. The van der Waals surface area contributed by atoms with Crippen LogP contribution in [0.4, 0.5) is 0 Å². The molecule has 2 saturated heterocycles. The Balaban J connectivity index is 1.45. The smallest absolute Gasteiger partial charge is 0.272 e. The Bertz CT molecular complexity index is 882. The van der Waals surface area contributed by atoms with Crippen molar-refractivity contribution in [3.8, 4) is 0 Å². The molecular formula is C23H30N4O2. The van der Waals surface area contributed by atoms with Gasteiger partial charge in [0.2, 0.25) is 5.91 Å². The van der Waals surface area contributed by atoms with E-state index in [0.29, 0.717) is 31.7 Å². The molecule has 1 aromatic carbocycles. The molecule has 29 heavy (non-hydrogen) atoms. The molecule has 2 aromatic rings. The van der Waals surface area contributed by atoms with Crippen LogP contribution in [0.5, 0.6) is 0 Å². The van der Waals surface area contributed by atoms with Crippen LogP contribution in [0, 0.1) is 0 Å². The number of benzene rings is 1. The van der Waals surface area contributed by atoms with Crippen LogP contribution in [0.25, 0.3) is 0 Å². The van der Waals surface area contributed by atoms with Crippen molar-refractivity contribution in [2.24, 2.45) is 7.05 Å². The van der Waals surface area contributed by atoms with Gasteiger partial charge in [0.15, 0.2) is 0 Å². The number of carbonyl (C=O) groups excluding carboxylic acids is 2. The number of hydrogen-bond acceptors (Lipinski definition) is 3. The zero-order valence-corrected chi connectivity index (χ0v) is 17.4. The standard InChI is InChI=1S/C23H30N4O2/c1-3-7-19-16-20(25(2)24-19)22(29)26-14-12-23(13-15-26)11-10-21(28)27(23)17-18-8-5-4-6-9-18/h4-6,8-9,16H,3,7,10-15,17H2,1-2H3. The molecule has 2 aliphatic heterocycles. The maximum atomic E-state index is 13.1. The summed E-state index contributed by atoms with van der Waals surface area (Å²) >= 11 is 0. The maximum absolute atomic E-state index is 13.1. The summed E-state index contributed by atoms with van der Waals surface area (Å²) in [6.45, 7) is 4.15. The molecule has 0 aliphatic carbocycles. The molecule has 0 radical (unpaired) electrons. The number of likely N-dealkylation sites (tertiary alicyclic amines) is 2. The fraction of sp³-hybridized carbons (Fsp3) is 0.522. The highest BCUT2D eigenvalue weighted by Crippen LogP contribution is 2.40. The van der Waals surface area contributed by atoms with Crippen LogP contribution in [0.2, 0.25) is 0 Å². The topological polar surface area (TPSA) is 58.4 Å². The molecule has 1 aromatic heterocycles. The Hall–Kier alpha value is -2.63. The van der Waals surface area contributed by atoms with Crippen LogP contribution < -0.4 is 0 Å². The van der Waals surface area contributed by atoms with Crippen molar-refractivity contribution >= 4 is 11.8 Å². The Morgan fingerprint density at radius 2 is 1.86 bits per heavy atom. The molecule has 0 saturated carbocycles. The van der Waals surface area contributed by atoms with E-state index in [0.717, 1.165) is 37.8 Å². The molecule has 0 unspecified atom stereocenters. The van der Waals surface area contributed by atoms with E-state index in [2.05, 4.69) is 29.1 Å². The molecule has 6 nitrogen and oxygen atoms in total. The van der Waals surface area contributed by atoms with Gasteiger partial charge in [0.1, 0.15) is 5.69 Å². The van der Waals surface area contributed by atoms with Gasteiger partial charge in [0.05, 0.1) is 5.69 Å². The number of hydrogen-bond donors (Lipinski definition) is 0. The second-order valence-corrected chi connectivity index (χ2v) is 8.38. The maximum Gasteiger partial charge on any atom is 0.272 e. The van der Waals surface area contributed by atoms with E-state index in [-0.39, 0.29) is 17.4 Å². The average molecular weight is 395 g/mol. The van der Waals surface area contributed by atoms with E-state index in [9.17, 15) is 9.59 Å². The lowest BCUT2D eigenvalue weighted by Gasteiger charge is -2.45. The van der Waals surface area contributed by atoms with Gasteiger partial charge in [0.25, 0.3) is 5.91 Å². The highest BCUT2D eigenvalue weighted by molar-refractivity contribution is 5.92. The Kier molecular flexibility index (Phi) is 5.43. The van der Waals surface area contributed by atoms with Crippen molar-refractivity contribution in [1.82, 2.24) is 19.6 Å². The van der Waals surface area contributed by atoms with Crippen LogP contribution in [-0.4, -0.2) is 50.0 Å². The zero-order valence-electron chi connectivity index (χ0n) is 17.4. The van der Waals surface area contributed by atoms with Crippen LogP contribution in [-0.2, 0) is 24.8 Å². The SMILES string of the molecule is CCCc1cc(C(=O)N2CCC3(CCC(=O)N3Cc3ccccc3)CC2)n(C)n1. The molecule has 4 rings (SSSR count). The first-order valence-corrected chi connectivity index (χ1v) is 10.7. The number of piperidine rings is 1. The van der Waals surface area contributed by atoms with Gasteiger partial charge in [-0.15, -0.1) is 0 Å². The third kappa shape index (κ3) is 3.80. The van der Waals surface area contributed by atoms with Crippen molar-refractivity contribution in [1.29, 1.82) is 0 Å². The molecule has 2 aliphatic rings. The minimum absolute atomic E-state index is 0.0520. The van der Waals surface area contributed by atoms with Gasteiger partial charge < -0.3 is 9.80 Å². The highest BCUT2D eigenvalue weighted by Gasteiger charge is 2.47. The quantitative estimate of drug-likeness (QED) is 0.783. The van der Waals surface area contributed by atoms with Gasteiger partial charge >= 0.3 is 0 Å². The highest BCUT2D eigenvalue weighted by atomic mass is 16.2. The van der Waals surface area contributed by atoms with Gasteiger partial charge in [-0.1, -0.05) is 43.7 Å². The number of aromatic nitrogens is 2. The molecule has 0 atom stereocenters. The summed E-state index contributed by atoms with van der Waals surface area (Å²) in [7, 11) is 1.84. The van der Waals surface area contributed by atoms with E-state index in [1.807, 2.05) is 36.2 Å². The van der Waals surface area contributed by atoms with E-state index >= 15 is 0 Å². The lowest BCUT2D eigenvalue weighted by Crippen LogP contribution is -2.54. The number of aryl methyl sites for hydroxylation is 2. The third-order valence-electron chi connectivity index (χ3n) is 6.50. The van der Waals surface area contributed by atoms with Gasteiger partial charge in [-0.25, -0.2) is 0 Å². The number of nitrogens with zero attached hydrogens (tertiary/aromatic N) is 4. The fourth-order valence-corrected chi connectivity index (χ4v) is 4.81. The van der Waals surface area contributed by atoms with E-state index in [1.54, 1.807) is 4.68 Å². The van der Waals surface area contributed by atoms with Gasteiger partial charge in [-0.2, -0.15) is 5.10 Å². The second-order valence-electron chi connectivity index (χ2n) is 8.38. The summed E-state index contributed by atoms with van der Waals surface area (Å²) in [5, 5.41) is 4.47. The minimum Gasteiger partial charge on any atom is -0.337 e. The summed E-state index contributed by atoms with van der Waals surface area (Å²) in [6, 6.07) is 12.1. The number of carbonyl (C=O) groups is 2. The van der Waals surface area contributed by atoms with E-state index in [1.165, 1.54) is 5.56 Å². The molecule has 2 amide bonds. The fourth-order valence-electron chi connectivity index (χ4n) is 4.81. The van der Waals surface area contributed by atoms with Crippen LogP contribution >= 0.6 is 0 Å². The monoisotopic (exact) mass is 394 g/mol. The summed E-state index contributed by atoms with van der Waals surface area (Å²) in [5.74, 6) is 0.292. The Morgan fingerprint density at radius 1 is 1.14 bits per heavy atom. The Labute approximate surface area is 172 Å². The van der Waals surface area contributed by atoms with Crippen molar-refractivity contribution in [3.05, 3.63) is 53.3 Å². The van der Waals surface area contributed by atoms with E-state index in [4.69, 9.17) is 0 Å². The van der Waals surface area contributed by atoms with Crippen LogP contribution in [0.1, 0.15) is 60.8 Å². The van der Waals surface area contributed by atoms with Crippen molar-refractivity contribution < 1.29 is 9.59 Å². The van der Waals surface area contributed by atoms with Crippen molar-refractivity contribution in [3.63, 3.8) is 0 Å². The summed E-state index contributed by atoms with van der Waals surface area (Å²) in [6.07, 6.45) is 5.10. The molecule has 6 heteroatoms. The third-order valence-corrected chi connectivity index (χ3v) is 6.50. The Morgan fingerprint density at radius 3 is 2.55 bits per heavy atom. The second kappa shape index (κ2) is 8.01. The van der Waals surface area contributed by atoms with Crippen molar-refractivity contribution in [2.75, 3.05) is 13.1 Å². The molecule has 0 N–H and O–H groups in total. The molecule has 1 spiro atoms. The van der Waals surface area contributed by atoms with Crippen LogP contribution in [0.15, 0.2) is 36.4 Å². The normalized spacial score (nSPS) is 18.6. The largest absolute Gasteiger partial charge is 0.337 e. The molecule has 0 bridgehead atoms. The first-order chi connectivity index (χ1) is 14.0. The van der Waals surface area contributed by atoms with Crippen molar-refractivity contribution in [2.45, 2.75) is 57.5 Å². The predicted molar refractivity (Wildman–Crippen MR) is 111 cm³/mol. The minimum atomic E-state index is -0.108. The molecule has 154 valence electrons. The molecule has 2 fully saturated rings.